The minimum Gasteiger partial charge on any atom is -0.396 e. The van der Waals surface area contributed by atoms with Crippen LogP contribution in [0.15, 0.2) is 18.5 Å². The molecule has 0 bridgehead atoms. The summed E-state index contributed by atoms with van der Waals surface area (Å²) in [5.41, 5.74) is 6.82. The van der Waals surface area contributed by atoms with Gasteiger partial charge in [0.2, 0.25) is 5.91 Å². The third-order valence-corrected chi connectivity index (χ3v) is 3.09. The Balaban J connectivity index is 1.76. The van der Waals surface area contributed by atoms with Gasteiger partial charge in [0.15, 0.2) is 0 Å². The lowest BCUT2D eigenvalue weighted by Gasteiger charge is -2.22. The van der Waals surface area contributed by atoms with Crippen molar-refractivity contribution in [3.8, 4) is 0 Å². The molecular formula is C13H19N3O2. The van der Waals surface area contributed by atoms with Crippen LogP contribution in [-0.2, 0) is 9.53 Å². The third kappa shape index (κ3) is 3.70. The molecule has 5 nitrogen and oxygen atoms in total. The zero-order valence-electron chi connectivity index (χ0n) is 10.4. The summed E-state index contributed by atoms with van der Waals surface area (Å²) in [4.78, 5) is 15.6. The highest BCUT2D eigenvalue weighted by Gasteiger charge is 2.15. The van der Waals surface area contributed by atoms with Crippen molar-refractivity contribution in [3.63, 3.8) is 0 Å². The second-order valence-electron chi connectivity index (χ2n) is 4.54. The van der Waals surface area contributed by atoms with E-state index in [9.17, 15) is 4.79 Å². The van der Waals surface area contributed by atoms with Gasteiger partial charge in [-0.1, -0.05) is 0 Å². The minimum absolute atomic E-state index is 0.0259. The SMILES string of the molecule is Nc1cnccc1NC(=O)CCC1CCCCO1. The van der Waals surface area contributed by atoms with E-state index in [2.05, 4.69) is 10.3 Å². The summed E-state index contributed by atoms with van der Waals surface area (Å²) in [5.74, 6) is -0.0259. The van der Waals surface area contributed by atoms with E-state index in [0.717, 1.165) is 25.9 Å². The van der Waals surface area contributed by atoms with Crippen LogP contribution in [0.4, 0.5) is 11.4 Å². The van der Waals surface area contributed by atoms with Crippen LogP contribution in [0, 0.1) is 0 Å². The van der Waals surface area contributed by atoms with Crippen molar-refractivity contribution in [2.45, 2.75) is 38.2 Å². The molecule has 3 N–H and O–H groups in total. The van der Waals surface area contributed by atoms with Gasteiger partial charge >= 0.3 is 0 Å². The number of nitrogen functional groups attached to an aromatic ring is 1. The van der Waals surface area contributed by atoms with Gasteiger partial charge < -0.3 is 15.8 Å². The standard InChI is InChI=1S/C13H19N3O2/c14-11-9-15-7-6-12(11)16-13(17)5-4-10-3-1-2-8-18-10/h6-7,9-10H,1-5,8,14H2,(H,15,16,17). The van der Waals surface area contributed by atoms with Gasteiger partial charge in [-0.3, -0.25) is 9.78 Å². The predicted octanol–water partition coefficient (Wildman–Crippen LogP) is 1.95. The molecule has 0 saturated carbocycles. The molecule has 1 saturated heterocycles. The van der Waals surface area contributed by atoms with Gasteiger partial charge in [0.1, 0.15) is 0 Å². The van der Waals surface area contributed by atoms with Crippen molar-refractivity contribution in [3.05, 3.63) is 18.5 Å². The lowest BCUT2D eigenvalue weighted by molar-refractivity contribution is -0.117. The first-order chi connectivity index (χ1) is 8.75. The van der Waals surface area contributed by atoms with E-state index in [1.165, 1.54) is 12.6 Å². The first kappa shape index (κ1) is 12.8. The number of hydrogen-bond acceptors (Lipinski definition) is 4. The molecule has 1 unspecified atom stereocenters. The van der Waals surface area contributed by atoms with E-state index in [4.69, 9.17) is 10.5 Å². The van der Waals surface area contributed by atoms with Gasteiger partial charge in [0.05, 0.1) is 23.7 Å². The quantitative estimate of drug-likeness (QED) is 0.855. The molecule has 2 rings (SSSR count). The number of carbonyl (C=O) groups excluding carboxylic acids is 1. The Kier molecular flexibility index (Phi) is 4.52. The highest BCUT2D eigenvalue weighted by molar-refractivity contribution is 5.93. The maximum atomic E-state index is 11.8. The molecule has 1 fully saturated rings. The fourth-order valence-electron chi connectivity index (χ4n) is 2.06. The molecule has 0 aliphatic carbocycles. The maximum absolute atomic E-state index is 11.8. The summed E-state index contributed by atoms with van der Waals surface area (Å²) >= 11 is 0. The summed E-state index contributed by atoms with van der Waals surface area (Å²) in [6.45, 7) is 0.823. The van der Waals surface area contributed by atoms with Crippen molar-refractivity contribution in [1.82, 2.24) is 4.98 Å². The van der Waals surface area contributed by atoms with Gasteiger partial charge in [-0.15, -0.1) is 0 Å². The Hall–Kier alpha value is -1.62. The van der Waals surface area contributed by atoms with Crippen LogP contribution in [0.1, 0.15) is 32.1 Å². The fraction of sp³-hybridized carbons (Fsp3) is 0.538. The van der Waals surface area contributed by atoms with Crippen molar-refractivity contribution >= 4 is 17.3 Å². The molecule has 1 aliphatic heterocycles. The second-order valence-corrected chi connectivity index (χ2v) is 4.54. The highest BCUT2D eigenvalue weighted by Crippen LogP contribution is 2.19. The van der Waals surface area contributed by atoms with E-state index in [0.29, 0.717) is 17.8 Å². The van der Waals surface area contributed by atoms with Crippen LogP contribution in [0.2, 0.25) is 0 Å². The molecule has 1 atom stereocenters. The Morgan fingerprint density at radius 1 is 1.56 bits per heavy atom. The minimum atomic E-state index is -0.0259. The topological polar surface area (TPSA) is 77.2 Å². The first-order valence-corrected chi connectivity index (χ1v) is 6.36. The van der Waals surface area contributed by atoms with Crippen LogP contribution in [0.5, 0.6) is 0 Å². The summed E-state index contributed by atoms with van der Waals surface area (Å²) in [6.07, 6.45) is 8.00. The van der Waals surface area contributed by atoms with E-state index in [-0.39, 0.29) is 12.0 Å². The summed E-state index contributed by atoms with van der Waals surface area (Å²) in [6, 6.07) is 1.70. The van der Waals surface area contributed by atoms with E-state index in [1.807, 2.05) is 0 Å². The number of amides is 1. The van der Waals surface area contributed by atoms with Gasteiger partial charge in [0.25, 0.3) is 0 Å². The Morgan fingerprint density at radius 2 is 2.44 bits per heavy atom. The number of ether oxygens (including phenoxy) is 1. The number of hydrogen-bond donors (Lipinski definition) is 2. The van der Waals surface area contributed by atoms with Crippen LogP contribution < -0.4 is 11.1 Å². The lowest BCUT2D eigenvalue weighted by Crippen LogP contribution is -2.22. The number of nitrogens with one attached hydrogen (secondary N) is 1. The Bertz CT molecular complexity index is 403. The molecule has 98 valence electrons. The number of rotatable bonds is 4. The van der Waals surface area contributed by atoms with Crippen molar-refractivity contribution in [1.29, 1.82) is 0 Å². The molecule has 0 spiro atoms. The van der Waals surface area contributed by atoms with Crippen molar-refractivity contribution in [2.24, 2.45) is 0 Å². The second kappa shape index (κ2) is 6.35. The molecule has 1 aromatic rings. The molecule has 2 heterocycles. The molecule has 0 radical (unpaired) electrons. The smallest absolute Gasteiger partial charge is 0.224 e. The van der Waals surface area contributed by atoms with Crippen LogP contribution in [0.3, 0.4) is 0 Å². The van der Waals surface area contributed by atoms with Crippen LogP contribution in [0.25, 0.3) is 0 Å². The average Bonchev–Trinajstić information content (AvgIpc) is 2.40. The fourth-order valence-corrected chi connectivity index (χ4v) is 2.06. The van der Waals surface area contributed by atoms with Gasteiger partial charge in [0, 0.05) is 19.2 Å². The zero-order chi connectivity index (χ0) is 12.8. The number of nitrogens with two attached hydrogens (primary N) is 1. The van der Waals surface area contributed by atoms with E-state index in [1.54, 1.807) is 12.3 Å². The number of carbonyl (C=O) groups is 1. The number of anilines is 2. The molecular weight excluding hydrogens is 230 g/mol. The van der Waals surface area contributed by atoms with E-state index < -0.39 is 0 Å². The molecule has 0 aromatic carbocycles. The van der Waals surface area contributed by atoms with Gasteiger partial charge in [-0.05, 0) is 31.7 Å². The predicted molar refractivity (Wildman–Crippen MR) is 70.1 cm³/mol. The summed E-state index contributed by atoms with van der Waals surface area (Å²) < 4.78 is 5.59. The number of aromatic nitrogens is 1. The van der Waals surface area contributed by atoms with Crippen LogP contribution in [-0.4, -0.2) is 23.6 Å². The average molecular weight is 249 g/mol. The first-order valence-electron chi connectivity index (χ1n) is 6.36. The van der Waals surface area contributed by atoms with Crippen molar-refractivity contribution in [2.75, 3.05) is 17.7 Å². The molecule has 1 amide bonds. The number of nitrogens with zero attached hydrogens (tertiary/aromatic N) is 1. The highest BCUT2D eigenvalue weighted by atomic mass is 16.5. The maximum Gasteiger partial charge on any atom is 0.224 e. The largest absolute Gasteiger partial charge is 0.396 e. The zero-order valence-corrected chi connectivity index (χ0v) is 10.4. The molecule has 5 heteroatoms. The normalized spacial score (nSPS) is 19.4. The van der Waals surface area contributed by atoms with Gasteiger partial charge in [-0.25, -0.2) is 0 Å². The number of pyridine rings is 1. The Labute approximate surface area is 107 Å². The summed E-state index contributed by atoms with van der Waals surface area (Å²) in [7, 11) is 0. The lowest BCUT2D eigenvalue weighted by atomic mass is 10.0. The van der Waals surface area contributed by atoms with Crippen molar-refractivity contribution < 1.29 is 9.53 Å². The van der Waals surface area contributed by atoms with Gasteiger partial charge in [-0.2, -0.15) is 0 Å². The Morgan fingerprint density at radius 3 is 3.17 bits per heavy atom. The molecule has 1 aromatic heterocycles. The summed E-state index contributed by atoms with van der Waals surface area (Å²) in [5, 5.41) is 2.79. The van der Waals surface area contributed by atoms with Crippen LogP contribution >= 0.6 is 0 Å². The third-order valence-electron chi connectivity index (χ3n) is 3.09. The van der Waals surface area contributed by atoms with E-state index >= 15 is 0 Å². The molecule has 18 heavy (non-hydrogen) atoms. The monoisotopic (exact) mass is 249 g/mol. The molecule has 1 aliphatic rings.